The minimum Gasteiger partial charge on any atom is -0.472 e. The summed E-state index contributed by atoms with van der Waals surface area (Å²) < 4.78 is 12.4. The molecule has 0 fully saturated rings. The molecule has 0 radical (unpaired) electrons. The summed E-state index contributed by atoms with van der Waals surface area (Å²) in [7, 11) is 0. The molecule has 0 aliphatic rings. The predicted molar refractivity (Wildman–Crippen MR) is 92.3 cm³/mol. The fourth-order valence-electron chi connectivity index (χ4n) is 2.25. The first-order valence-electron chi connectivity index (χ1n) is 7.70. The van der Waals surface area contributed by atoms with Crippen LogP contribution in [0.5, 0.6) is 11.6 Å². The zero-order valence-corrected chi connectivity index (χ0v) is 13.4. The number of rotatable bonds is 5. The third-order valence-electron chi connectivity index (χ3n) is 3.51. The second-order valence-electron chi connectivity index (χ2n) is 5.28. The number of nitrogens with zero attached hydrogens (tertiary/aromatic N) is 4. The molecule has 1 N–H and O–H groups in total. The first kappa shape index (κ1) is 15.6. The SMILES string of the molecule is O=C(Nc1ccc(Oc2cc(-n3ccnc3)ncn2)cc1)c1ccoc1. The molecule has 0 saturated heterocycles. The molecule has 0 spiro atoms. The van der Waals surface area contributed by atoms with Gasteiger partial charge in [0.2, 0.25) is 5.88 Å². The summed E-state index contributed by atoms with van der Waals surface area (Å²) in [6, 6.07) is 10.3. The summed E-state index contributed by atoms with van der Waals surface area (Å²) in [6.45, 7) is 0. The van der Waals surface area contributed by atoms with Gasteiger partial charge in [-0.15, -0.1) is 0 Å². The number of carbonyl (C=O) groups excluding carboxylic acids is 1. The monoisotopic (exact) mass is 347 g/mol. The van der Waals surface area contributed by atoms with E-state index in [9.17, 15) is 4.79 Å². The lowest BCUT2D eigenvalue weighted by Gasteiger charge is -2.08. The number of aromatic nitrogens is 4. The maximum atomic E-state index is 12.0. The molecule has 0 atom stereocenters. The van der Waals surface area contributed by atoms with Crippen molar-refractivity contribution >= 4 is 11.6 Å². The third-order valence-corrected chi connectivity index (χ3v) is 3.51. The van der Waals surface area contributed by atoms with Gasteiger partial charge in [-0.05, 0) is 30.3 Å². The highest BCUT2D eigenvalue weighted by molar-refractivity contribution is 6.03. The van der Waals surface area contributed by atoms with Crippen molar-refractivity contribution < 1.29 is 13.9 Å². The summed E-state index contributed by atoms with van der Waals surface area (Å²) in [5.41, 5.74) is 1.10. The fraction of sp³-hybridized carbons (Fsp3) is 0. The molecule has 4 aromatic rings. The van der Waals surface area contributed by atoms with Gasteiger partial charge in [0.1, 0.15) is 30.5 Å². The lowest BCUT2D eigenvalue weighted by Crippen LogP contribution is -2.10. The van der Waals surface area contributed by atoms with Crippen LogP contribution in [0.1, 0.15) is 10.4 Å². The Morgan fingerprint density at radius 3 is 2.77 bits per heavy atom. The van der Waals surface area contributed by atoms with Gasteiger partial charge >= 0.3 is 0 Å². The summed E-state index contributed by atoms with van der Waals surface area (Å²) in [4.78, 5) is 24.2. The van der Waals surface area contributed by atoms with E-state index in [1.165, 1.54) is 18.9 Å². The standard InChI is InChI=1S/C18H13N5O3/c24-18(13-5-8-25-10-13)22-14-1-3-15(4-2-14)26-17-9-16(20-11-21-17)23-7-6-19-12-23/h1-12H,(H,22,24). The van der Waals surface area contributed by atoms with Crippen molar-refractivity contribution in [1.82, 2.24) is 19.5 Å². The highest BCUT2D eigenvalue weighted by Gasteiger charge is 2.08. The number of hydrogen-bond donors (Lipinski definition) is 1. The van der Waals surface area contributed by atoms with Crippen LogP contribution in [-0.2, 0) is 0 Å². The van der Waals surface area contributed by atoms with Gasteiger partial charge in [-0.2, -0.15) is 0 Å². The van der Waals surface area contributed by atoms with Crippen LogP contribution in [-0.4, -0.2) is 25.4 Å². The van der Waals surface area contributed by atoms with Crippen molar-refractivity contribution in [2.75, 3.05) is 5.32 Å². The summed E-state index contributed by atoms with van der Waals surface area (Å²) in [5.74, 6) is 1.39. The summed E-state index contributed by atoms with van der Waals surface area (Å²) in [6.07, 6.45) is 9.35. The number of carbonyl (C=O) groups is 1. The zero-order chi connectivity index (χ0) is 17.8. The highest BCUT2D eigenvalue weighted by Crippen LogP contribution is 2.22. The van der Waals surface area contributed by atoms with Crippen LogP contribution in [0.25, 0.3) is 5.82 Å². The number of imidazole rings is 1. The van der Waals surface area contributed by atoms with E-state index < -0.39 is 0 Å². The van der Waals surface area contributed by atoms with E-state index >= 15 is 0 Å². The Balaban J connectivity index is 1.44. The molecule has 0 unspecified atom stereocenters. The smallest absolute Gasteiger partial charge is 0.258 e. The number of nitrogens with one attached hydrogen (secondary N) is 1. The van der Waals surface area contributed by atoms with Crippen molar-refractivity contribution in [2.45, 2.75) is 0 Å². The van der Waals surface area contributed by atoms with E-state index in [1.807, 2.05) is 0 Å². The number of furan rings is 1. The molecule has 0 aliphatic heterocycles. The first-order chi connectivity index (χ1) is 12.8. The van der Waals surface area contributed by atoms with Crippen LogP contribution >= 0.6 is 0 Å². The molecule has 8 nitrogen and oxygen atoms in total. The molecule has 26 heavy (non-hydrogen) atoms. The number of anilines is 1. The molecule has 0 aliphatic carbocycles. The van der Waals surface area contributed by atoms with Crippen LogP contribution in [0, 0.1) is 0 Å². The quantitative estimate of drug-likeness (QED) is 0.595. The molecule has 128 valence electrons. The Morgan fingerprint density at radius 1 is 1.15 bits per heavy atom. The molecule has 3 aromatic heterocycles. The zero-order valence-electron chi connectivity index (χ0n) is 13.4. The lowest BCUT2D eigenvalue weighted by atomic mass is 10.2. The topological polar surface area (TPSA) is 95.1 Å². The van der Waals surface area contributed by atoms with Crippen molar-refractivity contribution in [3.05, 3.63) is 79.5 Å². The second kappa shape index (κ2) is 6.89. The number of benzene rings is 1. The van der Waals surface area contributed by atoms with Crippen molar-refractivity contribution in [3.8, 4) is 17.4 Å². The molecule has 1 amide bonds. The average molecular weight is 347 g/mol. The Labute approximate surface area is 148 Å². The molecule has 8 heteroatoms. The minimum absolute atomic E-state index is 0.242. The van der Waals surface area contributed by atoms with Crippen LogP contribution < -0.4 is 10.1 Å². The van der Waals surface area contributed by atoms with E-state index in [0.717, 1.165) is 0 Å². The summed E-state index contributed by atoms with van der Waals surface area (Å²) >= 11 is 0. The van der Waals surface area contributed by atoms with Gasteiger partial charge in [0, 0.05) is 24.1 Å². The van der Waals surface area contributed by atoms with Crippen molar-refractivity contribution in [1.29, 1.82) is 0 Å². The van der Waals surface area contributed by atoms with E-state index in [-0.39, 0.29) is 5.91 Å². The fourth-order valence-corrected chi connectivity index (χ4v) is 2.25. The number of ether oxygens (including phenoxy) is 1. The van der Waals surface area contributed by atoms with Crippen LogP contribution in [0.2, 0.25) is 0 Å². The molecular formula is C18H13N5O3. The lowest BCUT2D eigenvalue weighted by molar-refractivity contribution is 0.102. The van der Waals surface area contributed by atoms with E-state index in [0.29, 0.717) is 28.7 Å². The Morgan fingerprint density at radius 2 is 2.04 bits per heavy atom. The van der Waals surface area contributed by atoms with E-state index in [1.54, 1.807) is 59.7 Å². The predicted octanol–water partition coefficient (Wildman–Crippen LogP) is 3.30. The van der Waals surface area contributed by atoms with Gasteiger partial charge < -0.3 is 14.5 Å². The Hall–Kier alpha value is -3.94. The van der Waals surface area contributed by atoms with Gasteiger partial charge in [0.25, 0.3) is 5.91 Å². The second-order valence-corrected chi connectivity index (χ2v) is 5.28. The molecule has 3 heterocycles. The van der Waals surface area contributed by atoms with Crippen LogP contribution in [0.4, 0.5) is 5.69 Å². The van der Waals surface area contributed by atoms with Crippen LogP contribution in [0.3, 0.4) is 0 Å². The maximum Gasteiger partial charge on any atom is 0.258 e. The van der Waals surface area contributed by atoms with Gasteiger partial charge in [-0.1, -0.05) is 0 Å². The van der Waals surface area contributed by atoms with E-state index in [4.69, 9.17) is 9.15 Å². The maximum absolute atomic E-state index is 12.0. The first-order valence-corrected chi connectivity index (χ1v) is 7.70. The Bertz CT molecular complexity index is 996. The molecule has 0 saturated carbocycles. The van der Waals surface area contributed by atoms with Crippen LogP contribution in [0.15, 0.2) is 78.4 Å². The molecule has 0 bridgehead atoms. The number of amides is 1. The van der Waals surface area contributed by atoms with Gasteiger partial charge in [0.05, 0.1) is 11.8 Å². The molecule has 4 rings (SSSR count). The average Bonchev–Trinajstić information content (AvgIpc) is 3.38. The Kier molecular flexibility index (Phi) is 4.13. The largest absolute Gasteiger partial charge is 0.472 e. The summed E-state index contributed by atoms with van der Waals surface area (Å²) in [5, 5.41) is 2.77. The van der Waals surface area contributed by atoms with E-state index in [2.05, 4.69) is 20.3 Å². The molecular weight excluding hydrogens is 334 g/mol. The molecule has 1 aromatic carbocycles. The third kappa shape index (κ3) is 3.44. The highest BCUT2D eigenvalue weighted by atomic mass is 16.5. The van der Waals surface area contributed by atoms with Gasteiger partial charge in [-0.25, -0.2) is 15.0 Å². The van der Waals surface area contributed by atoms with Gasteiger partial charge in [0.15, 0.2) is 0 Å². The van der Waals surface area contributed by atoms with Crippen molar-refractivity contribution in [3.63, 3.8) is 0 Å². The van der Waals surface area contributed by atoms with Gasteiger partial charge in [-0.3, -0.25) is 9.36 Å². The normalized spacial score (nSPS) is 10.5. The van der Waals surface area contributed by atoms with Crippen molar-refractivity contribution in [2.24, 2.45) is 0 Å². The number of hydrogen-bond acceptors (Lipinski definition) is 6. The minimum atomic E-state index is -0.242.